The van der Waals surface area contributed by atoms with Crippen LogP contribution in [0.4, 0.5) is 11.5 Å². The number of H-pyrrole nitrogens is 1. The number of nitrogen functional groups attached to an aromatic ring is 2. The van der Waals surface area contributed by atoms with Gasteiger partial charge in [0.1, 0.15) is 11.9 Å². The maximum absolute atomic E-state index is 12.3. The molecule has 6 N–H and O–H groups in total. The van der Waals surface area contributed by atoms with Gasteiger partial charge in [-0.25, -0.2) is 4.98 Å². The Hall–Kier alpha value is -4.27. The lowest BCUT2D eigenvalue weighted by molar-refractivity contribution is -0.122. The number of aliphatic imine (C=N–C) groups is 1. The Balaban J connectivity index is 1.52. The number of aromatic amines is 1. The number of pyridine rings is 2. The van der Waals surface area contributed by atoms with Crippen LogP contribution in [-0.4, -0.2) is 38.3 Å². The Kier molecular flexibility index (Phi) is 5.57. The van der Waals surface area contributed by atoms with Gasteiger partial charge in [0, 0.05) is 42.3 Å². The van der Waals surface area contributed by atoms with Crippen molar-refractivity contribution in [2.45, 2.75) is 19.5 Å². The fraction of sp³-hybridized carbons (Fsp3) is 0.136. The average Bonchev–Trinajstić information content (AvgIpc) is 3.32. The van der Waals surface area contributed by atoms with Crippen LogP contribution in [0.25, 0.3) is 22.2 Å². The highest BCUT2D eigenvalue weighted by Crippen LogP contribution is 2.29. The Morgan fingerprint density at radius 2 is 2.13 bits per heavy atom. The van der Waals surface area contributed by atoms with E-state index >= 15 is 0 Å². The van der Waals surface area contributed by atoms with Crippen LogP contribution >= 0.6 is 0 Å². The number of amides is 1. The van der Waals surface area contributed by atoms with Crippen LogP contribution in [0.5, 0.6) is 0 Å². The molecule has 4 aromatic rings. The molecule has 0 saturated heterocycles. The number of carbonyl (C=O) groups is 1. The van der Waals surface area contributed by atoms with E-state index in [1.165, 1.54) is 6.21 Å². The summed E-state index contributed by atoms with van der Waals surface area (Å²) in [6, 6.07) is 10.7. The minimum absolute atomic E-state index is 0.213. The first-order valence-corrected chi connectivity index (χ1v) is 9.71. The van der Waals surface area contributed by atoms with Crippen LogP contribution in [0.3, 0.4) is 0 Å². The maximum atomic E-state index is 12.3. The highest BCUT2D eigenvalue weighted by molar-refractivity contribution is 6.05. The molecule has 4 rings (SSSR count). The number of aromatic nitrogens is 4. The number of hydrogen-bond acceptors (Lipinski definition) is 7. The number of fused-ring (bicyclic) bond motifs is 1. The van der Waals surface area contributed by atoms with E-state index in [2.05, 4.69) is 30.5 Å². The normalized spacial score (nSPS) is 12.3. The molecule has 0 bridgehead atoms. The predicted molar refractivity (Wildman–Crippen MR) is 121 cm³/mol. The number of benzene rings is 1. The van der Waals surface area contributed by atoms with Gasteiger partial charge in [-0.05, 0) is 30.7 Å². The molecule has 1 unspecified atom stereocenters. The lowest BCUT2D eigenvalue weighted by atomic mass is 10.1. The zero-order valence-corrected chi connectivity index (χ0v) is 16.9. The topological polar surface area (TPSA) is 148 Å². The maximum Gasteiger partial charge on any atom is 0.244 e. The lowest BCUT2D eigenvalue weighted by Gasteiger charge is -2.11. The van der Waals surface area contributed by atoms with Gasteiger partial charge in [0.2, 0.25) is 5.91 Å². The molecule has 1 aromatic carbocycles. The molecule has 0 aliphatic rings. The van der Waals surface area contributed by atoms with E-state index in [1.54, 1.807) is 25.5 Å². The van der Waals surface area contributed by atoms with Gasteiger partial charge in [0.15, 0.2) is 0 Å². The number of carbonyl (C=O) groups excluding carboxylic acids is 1. The summed E-state index contributed by atoms with van der Waals surface area (Å²) in [5.41, 5.74) is 16.8. The smallest absolute Gasteiger partial charge is 0.244 e. The zero-order chi connectivity index (χ0) is 21.8. The molecule has 0 aliphatic heterocycles. The third kappa shape index (κ3) is 4.35. The van der Waals surface area contributed by atoms with Gasteiger partial charge in [0.25, 0.3) is 0 Å². The van der Waals surface area contributed by atoms with Crippen LogP contribution in [0, 0.1) is 0 Å². The molecule has 1 atom stereocenters. The van der Waals surface area contributed by atoms with Crippen LogP contribution in [0.1, 0.15) is 18.1 Å². The van der Waals surface area contributed by atoms with Crippen LogP contribution in [-0.2, 0) is 11.3 Å². The standard InChI is InChI=1S/C22H22N8O/c1-13(22(31)27-11-14-3-2-7-25-10-14)26-12-17-20(23)16-5-4-15(18-6-8-28-30-18)9-19(16)29-21(17)24/h2-10,12-13H,11H2,1H3,(H,27,31)(H,28,30)(H4,23,24,29). The largest absolute Gasteiger partial charge is 0.398 e. The van der Waals surface area contributed by atoms with Crippen molar-refractivity contribution < 1.29 is 4.79 Å². The Morgan fingerprint density at radius 1 is 1.26 bits per heavy atom. The predicted octanol–water partition coefficient (Wildman–Crippen LogP) is 2.31. The summed E-state index contributed by atoms with van der Waals surface area (Å²) < 4.78 is 0. The van der Waals surface area contributed by atoms with Crippen molar-refractivity contribution >= 4 is 34.5 Å². The molecular formula is C22H22N8O. The highest BCUT2D eigenvalue weighted by Gasteiger charge is 2.14. The zero-order valence-electron chi connectivity index (χ0n) is 16.9. The summed E-state index contributed by atoms with van der Waals surface area (Å²) in [4.78, 5) is 25.2. The fourth-order valence-electron chi connectivity index (χ4n) is 3.14. The summed E-state index contributed by atoms with van der Waals surface area (Å²) in [5.74, 6) is 0.0358. The van der Waals surface area contributed by atoms with Crippen molar-refractivity contribution in [3.63, 3.8) is 0 Å². The van der Waals surface area contributed by atoms with E-state index in [0.29, 0.717) is 23.3 Å². The van der Waals surface area contributed by atoms with Gasteiger partial charge in [-0.2, -0.15) is 5.10 Å². The first-order valence-electron chi connectivity index (χ1n) is 9.71. The Bertz CT molecular complexity index is 1240. The second-order valence-electron chi connectivity index (χ2n) is 7.06. The molecule has 9 nitrogen and oxygen atoms in total. The average molecular weight is 414 g/mol. The molecule has 3 heterocycles. The lowest BCUT2D eigenvalue weighted by Crippen LogP contribution is -2.31. The quantitative estimate of drug-likeness (QED) is 0.356. The van der Waals surface area contributed by atoms with Gasteiger partial charge in [-0.1, -0.05) is 18.2 Å². The molecule has 0 aliphatic carbocycles. The number of rotatable bonds is 6. The van der Waals surface area contributed by atoms with E-state index in [9.17, 15) is 4.79 Å². The van der Waals surface area contributed by atoms with Crippen LogP contribution < -0.4 is 16.8 Å². The molecule has 3 aromatic heterocycles. The van der Waals surface area contributed by atoms with E-state index in [-0.39, 0.29) is 11.7 Å². The van der Waals surface area contributed by atoms with Crippen LogP contribution in [0.15, 0.2) is 60.0 Å². The minimum Gasteiger partial charge on any atom is -0.398 e. The summed E-state index contributed by atoms with van der Waals surface area (Å²) in [6.07, 6.45) is 6.58. The first kappa shape index (κ1) is 20.0. The summed E-state index contributed by atoms with van der Waals surface area (Å²) in [5, 5.41) is 10.5. The summed E-state index contributed by atoms with van der Waals surface area (Å²) in [7, 11) is 0. The van der Waals surface area contributed by atoms with Crippen LogP contribution in [0.2, 0.25) is 0 Å². The van der Waals surface area contributed by atoms with Crippen molar-refractivity contribution in [2.75, 3.05) is 11.5 Å². The van der Waals surface area contributed by atoms with Crippen molar-refractivity contribution in [1.29, 1.82) is 0 Å². The Labute approximate surface area is 178 Å². The molecule has 1 amide bonds. The SMILES string of the molecule is CC(N=Cc1c(N)nc2cc(-c3ccn[nH]3)ccc2c1N)C(=O)NCc1cccnc1. The molecule has 0 saturated carbocycles. The molecular weight excluding hydrogens is 392 g/mol. The highest BCUT2D eigenvalue weighted by atomic mass is 16.2. The van der Waals surface area contributed by atoms with E-state index in [1.807, 2.05) is 36.4 Å². The third-order valence-electron chi connectivity index (χ3n) is 4.90. The molecule has 0 fully saturated rings. The molecule has 0 radical (unpaired) electrons. The number of nitrogens with two attached hydrogens (primary N) is 2. The summed E-state index contributed by atoms with van der Waals surface area (Å²) in [6.45, 7) is 2.08. The van der Waals surface area contributed by atoms with Gasteiger partial charge in [-0.3, -0.25) is 19.9 Å². The monoisotopic (exact) mass is 414 g/mol. The van der Waals surface area contributed by atoms with Gasteiger partial charge < -0.3 is 16.8 Å². The number of anilines is 2. The van der Waals surface area contributed by atoms with E-state index in [0.717, 1.165) is 22.2 Å². The van der Waals surface area contributed by atoms with E-state index in [4.69, 9.17) is 11.5 Å². The van der Waals surface area contributed by atoms with E-state index < -0.39 is 6.04 Å². The van der Waals surface area contributed by atoms with Crippen molar-refractivity contribution in [1.82, 2.24) is 25.5 Å². The first-order chi connectivity index (χ1) is 15.0. The summed E-state index contributed by atoms with van der Waals surface area (Å²) >= 11 is 0. The number of hydrogen-bond donors (Lipinski definition) is 4. The number of nitrogens with one attached hydrogen (secondary N) is 2. The molecule has 9 heteroatoms. The van der Waals surface area contributed by atoms with Crippen molar-refractivity contribution in [2.24, 2.45) is 4.99 Å². The molecule has 31 heavy (non-hydrogen) atoms. The van der Waals surface area contributed by atoms with Gasteiger partial charge in [0.05, 0.1) is 22.5 Å². The van der Waals surface area contributed by atoms with Gasteiger partial charge >= 0.3 is 0 Å². The van der Waals surface area contributed by atoms with Crippen molar-refractivity contribution in [3.8, 4) is 11.3 Å². The van der Waals surface area contributed by atoms with Gasteiger partial charge in [-0.15, -0.1) is 0 Å². The second kappa shape index (κ2) is 8.62. The third-order valence-corrected chi connectivity index (χ3v) is 4.90. The Morgan fingerprint density at radius 3 is 2.87 bits per heavy atom. The molecule has 0 spiro atoms. The fourth-order valence-corrected chi connectivity index (χ4v) is 3.14. The second-order valence-corrected chi connectivity index (χ2v) is 7.06. The molecule has 156 valence electrons. The number of nitrogens with zero attached hydrogens (tertiary/aromatic N) is 4. The minimum atomic E-state index is -0.617. The van der Waals surface area contributed by atoms with Crippen molar-refractivity contribution in [3.05, 3.63) is 66.1 Å².